The maximum absolute atomic E-state index is 14.1. The molecule has 1 N–H and O–H groups in total. The number of hydrogen-bond acceptors (Lipinski definition) is 5. The third-order valence-electron chi connectivity index (χ3n) is 6.74. The van der Waals surface area contributed by atoms with Crippen LogP contribution in [0.25, 0.3) is 11.0 Å². The second kappa shape index (κ2) is 9.80. The molecule has 0 saturated carbocycles. The molecule has 0 bridgehead atoms. The average molecular weight is 485 g/mol. The largest absolute Gasteiger partial charge is 0.486 e. The highest BCUT2D eigenvalue weighted by Gasteiger charge is 2.25. The number of rotatable bonds is 7. The number of carboxylic acids is 1. The van der Waals surface area contributed by atoms with Crippen molar-refractivity contribution in [2.45, 2.75) is 25.5 Å². The first-order valence-electron chi connectivity index (χ1n) is 11.7. The topological polar surface area (TPSA) is 91.4 Å². The first-order valence-corrected chi connectivity index (χ1v) is 11.7. The minimum atomic E-state index is -0.947. The molecule has 8 heteroatoms. The number of ether oxygens (including phenoxy) is 1. The van der Waals surface area contributed by atoms with Gasteiger partial charge in [0.05, 0.1) is 34.8 Å². The predicted molar refractivity (Wildman–Crippen MR) is 132 cm³/mol. The van der Waals surface area contributed by atoms with Gasteiger partial charge in [0.25, 0.3) is 0 Å². The van der Waals surface area contributed by atoms with E-state index in [1.165, 1.54) is 23.8 Å². The normalized spacial score (nSPS) is 15.8. The van der Waals surface area contributed by atoms with E-state index in [9.17, 15) is 14.3 Å². The van der Waals surface area contributed by atoms with Gasteiger partial charge in [-0.25, -0.2) is 14.2 Å². The first kappa shape index (κ1) is 23.5. The summed E-state index contributed by atoms with van der Waals surface area (Å²) in [7, 11) is 1.92. The number of halogens is 1. The van der Waals surface area contributed by atoms with Crippen LogP contribution in [-0.2, 0) is 20.2 Å². The van der Waals surface area contributed by atoms with E-state index in [0.717, 1.165) is 41.9 Å². The maximum Gasteiger partial charge on any atom is 0.335 e. The Morgan fingerprint density at radius 3 is 2.86 bits per heavy atom. The van der Waals surface area contributed by atoms with Crippen molar-refractivity contribution in [3.8, 4) is 11.8 Å². The van der Waals surface area contributed by atoms with Gasteiger partial charge in [-0.05, 0) is 66.4 Å². The summed E-state index contributed by atoms with van der Waals surface area (Å²) < 4.78 is 21.8. The number of hydrogen-bond donors (Lipinski definition) is 1. The molecule has 0 spiro atoms. The van der Waals surface area contributed by atoms with E-state index in [4.69, 9.17) is 15.0 Å². The highest BCUT2D eigenvalue weighted by atomic mass is 19.1. The molecule has 1 aliphatic rings. The number of imidazole rings is 1. The quantitative estimate of drug-likeness (QED) is 0.403. The Hall–Kier alpha value is -4.22. The summed E-state index contributed by atoms with van der Waals surface area (Å²) >= 11 is 0. The summed E-state index contributed by atoms with van der Waals surface area (Å²) in [6.45, 7) is 2.75. The van der Waals surface area contributed by atoms with Crippen LogP contribution in [-0.4, -0.2) is 38.6 Å². The molecule has 182 valence electrons. The molecule has 7 nitrogen and oxygen atoms in total. The fourth-order valence-electron chi connectivity index (χ4n) is 4.75. The van der Waals surface area contributed by atoms with Crippen LogP contribution in [0.4, 0.5) is 4.39 Å². The van der Waals surface area contributed by atoms with Gasteiger partial charge in [0.2, 0.25) is 0 Å². The third-order valence-corrected chi connectivity index (χ3v) is 6.74. The Morgan fingerprint density at radius 1 is 1.22 bits per heavy atom. The molecule has 2 heterocycles. The highest BCUT2D eigenvalue weighted by Crippen LogP contribution is 2.30. The lowest BCUT2D eigenvalue weighted by Crippen LogP contribution is -2.21. The second-order valence-corrected chi connectivity index (χ2v) is 9.11. The van der Waals surface area contributed by atoms with Crippen molar-refractivity contribution in [3.63, 3.8) is 0 Å². The van der Waals surface area contributed by atoms with Crippen molar-refractivity contribution < 1.29 is 19.0 Å². The fourth-order valence-corrected chi connectivity index (χ4v) is 4.75. The van der Waals surface area contributed by atoms with Gasteiger partial charge in [-0.3, -0.25) is 4.90 Å². The van der Waals surface area contributed by atoms with E-state index in [1.54, 1.807) is 18.2 Å². The highest BCUT2D eigenvalue weighted by molar-refractivity contribution is 5.92. The fraction of sp³-hybridized carbons (Fsp3) is 0.250. The summed E-state index contributed by atoms with van der Waals surface area (Å²) in [6, 6.07) is 19.3. The summed E-state index contributed by atoms with van der Waals surface area (Å²) in [6.07, 6.45) is 1.02. The molecule has 1 unspecified atom stereocenters. The zero-order valence-electron chi connectivity index (χ0n) is 19.8. The van der Waals surface area contributed by atoms with Crippen molar-refractivity contribution in [1.29, 1.82) is 5.26 Å². The summed E-state index contributed by atoms with van der Waals surface area (Å²) in [5, 5.41) is 18.2. The monoisotopic (exact) mass is 484 g/mol. The van der Waals surface area contributed by atoms with Crippen molar-refractivity contribution in [2.75, 3.05) is 13.1 Å². The first-order chi connectivity index (χ1) is 17.4. The molecule has 4 aromatic rings. The van der Waals surface area contributed by atoms with Crippen LogP contribution in [0, 0.1) is 17.1 Å². The molecule has 1 fully saturated rings. The minimum absolute atomic E-state index is 0.129. The van der Waals surface area contributed by atoms with Gasteiger partial charge in [0, 0.05) is 13.6 Å². The van der Waals surface area contributed by atoms with E-state index >= 15 is 0 Å². The zero-order valence-corrected chi connectivity index (χ0v) is 19.8. The van der Waals surface area contributed by atoms with Crippen molar-refractivity contribution in [2.24, 2.45) is 7.05 Å². The number of aryl methyl sites for hydroxylation is 1. The Labute approximate surface area is 208 Å². The van der Waals surface area contributed by atoms with Gasteiger partial charge in [-0.1, -0.05) is 24.3 Å². The molecule has 1 saturated heterocycles. The number of likely N-dealkylation sites (tertiary alicyclic amines) is 1. The lowest BCUT2D eigenvalue weighted by atomic mass is 9.97. The lowest BCUT2D eigenvalue weighted by Gasteiger charge is -2.16. The zero-order chi connectivity index (χ0) is 25.2. The van der Waals surface area contributed by atoms with Crippen molar-refractivity contribution in [3.05, 3.63) is 94.6 Å². The van der Waals surface area contributed by atoms with Gasteiger partial charge in [0.1, 0.15) is 12.4 Å². The summed E-state index contributed by atoms with van der Waals surface area (Å²) in [5.41, 5.74) is 4.29. The number of aromatic carboxylic acids is 1. The van der Waals surface area contributed by atoms with Gasteiger partial charge < -0.3 is 14.4 Å². The number of benzene rings is 3. The minimum Gasteiger partial charge on any atom is -0.486 e. The van der Waals surface area contributed by atoms with Crippen LogP contribution in [0.3, 0.4) is 0 Å². The summed E-state index contributed by atoms with van der Waals surface area (Å²) in [5.74, 6) is -0.0940. The van der Waals surface area contributed by atoms with Gasteiger partial charge in [0.15, 0.2) is 11.6 Å². The SMILES string of the molecule is Cn1c(CN2CCC(c3cccc(COc4ccc(C#N)cc4F)c3)C2)nc2ccc(C(=O)O)cc21. The number of nitrogens with zero attached hydrogens (tertiary/aromatic N) is 4. The summed E-state index contributed by atoms with van der Waals surface area (Å²) in [4.78, 5) is 18.4. The molecule has 0 aliphatic carbocycles. The molecule has 1 atom stereocenters. The van der Waals surface area contributed by atoms with Crippen LogP contribution in [0.2, 0.25) is 0 Å². The predicted octanol–water partition coefficient (Wildman–Crippen LogP) is 4.85. The average Bonchev–Trinajstić information content (AvgIpc) is 3.48. The van der Waals surface area contributed by atoms with Crippen LogP contribution >= 0.6 is 0 Å². The number of fused-ring (bicyclic) bond motifs is 1. The molecule has 0 radical (unpaired) electrons. The Morgan fingerprint density at radius 2 is 2.08 bits per heavy atom. The number of carbonyl (C=O) groups is 1. The van der Waals surface area contributed by atoms with E-state index in [1.807, 2.05) is 29.8 Å². The molecule has 5 rings (SSSR count). The number of nitriles is 1. The third kappa shape index (κ3) is 4.79. The smallest absolute Gasteiger partial charge is 0.335 e. The van der Waals surface area contributed by atoms with Gasteiger partial charge in [-0.2, -0.15) is 5.26 Å². The Balaban J connectivity index is 1.24. The standard InChI is InChI=1S/C28H25FN4O3/c1-32-25-13-21(28(34)35)6-7-24(25)31-27(32)16-33-10-9-22(15-33)20-4-2-3-19(11-20)17-36-26-8-5-18(14-30)12-23(26)29/h2-8,11-13,22H,9-10,15-17H2,1H3,(H,34,35). The number of carboxylic acid groups (broad SMARTS) is 1. The van der Waals surface area contributed by atoms with E-state index in [2.05, 4.69) is 17.0 Å². The van der Waals surface area contributed by atoms with Crippen LogP contribution < -0.4 is 4.74 Å². The molecule has 1 aromatic heterocycles. The van der Waals surface area contributed by atoms with Crippen molar-refractivity contribution >= 4 is 17.0 Å². The van der Waals surface area contributed by atoms with Crippen LogP contribution in [0.1, 0.15) is 45.2 Å². The Bertz CT molecular complexity index is 1490. The van der Waals surface area contributed by atoms with E-state index < -0.39 is 11.8 Å². The molecule has 1 aliphatic heterocycles. The lowest BCUT2D eigenvalue weighted by molar-refractivity contribution is 0.0697. The van der Waals surface area contributed by atoms with Gasteiger partial charge >= 0.3 is 5.97 Å². The number of aromatic nitrogens is 2. The van der Waals surface area contributed by atoms with E-state index in [0.29, 0.717) is 12.5 Å². The molecule has 36 heavy (non-hydrogen) atoms. The molecule has 3 aromatic carbocycles. The van der Waals surface area contributed by atoms with Crippen LogP contribution in [0.5, 0.6) is 5.75 Å². The van der Waals surface area contributed by atoms with E-state index in [-0.39, 0.29) is 23.5 Å². The molecule has 0 amide bonds. The molecular weight excluding hydrogens is 459 g/mol. The second-order valence-electron chi connectivity index (χ2n) is 9.11. The van der Waals surface area contributed by atoms with Gasteiger partial charge in [-0.15, -0.1) is 0 Å². The Kier molecular flexibility index (Phi) is 6.40. The van der Waals surface area contributed by atoms with Crippen molar-refractivity contribution in [1.82, 2.24) is 14.5 Å². The molecular formula is C28H25FN4O3. The van der Waals surface area contributed by atoms with Crippen LogP contribution in [0.15, 0.2) is 60.7 Å². The maximum atomic E-state index is 14.1.